The smallest absolute Gasteiger partial charge is 0.140 e. The van der Waals surface area contributed by atoms with Crippen LogP contribution in [-0.4, -0.2) is 60.8 Å². The van der Waals surface area contributed by atoms with Gasteiger partial charge in [0.15, 0.2) is 0 Å². The molecule has 28 heavy (non-hydrogen) atoms. The summed E-state index contributed by atoms with van der Waals surface area (Å²) in [5, 5.41) is 3.70. The van der Waals surface area contributed by atoms with Crippen LogP contribution in [0, 0.1) is 0 Å². The van der Waals surface area contributed by atoms with E-state index in [1.54, 1.807) is 0 Å². The Kier molecular flexibility index (Phi) is 5.64. The molecule has 2 heterocycles. The monoisotopic (exact) mass is 377 g/mol. The van der Waals surface area contributed by atoms with E-state index in [2.05, 4.69) is 83.3 Å². The number of nitrogens with one attached hydrogen (secondary N) is 1. The number of hydrogen-bond donors (Lipinski definition) is 1. The van der Waals surface area contributed by atoms with Gasteiger partial charge in [0, 0.05) is 50.5 Å². The minimum absolute atomic E-state index is 0.638. The highest BCUT2D eigenvalue weighted by Gasteiger charge is 2.19. The minimum atomic E-state index is 0.638. The molecule has 1 fully saturated rings. The molecule has 0 spiro atoms. The third kappa shape index (κ3) is 4.05. The van der Waals surface area contributed by atoms with Crippen molar-refractivity contribution in [2.75, 3.05) is 45.2 Å². The minimum Gasteiger partial charge on any atom is -0.371 e. The predicted octanol–water partition coefficient (Wildman–Crippen LogP) is 3.36. The SMILES string of the molecule is CN(C)CCNC1CCN(c2cccc(-c3nc4ccccc4n3C)c2)CC1. The zero-order chi connectivity index (χ0) is 19.5. The predicted molar refractivity (Wildman–Crippen MR) is 118 cm³/mol. The van der Waals surface area contributed by atoms with Crippen LogP contribution in [0.15, 0.2) is 48.5 Å². The van der Waals surface area contributed by atoms with E-state index in [0.717, 1.165) is 37.5 Å². The van der Waals surface area contributed by atoms with Gasteiger partial charge < -0.3 is 19.7 Å². The lowest BCUT2D eigenvalue weighted by atomic mass is 10.0. The summed E-state index contributed by atoms with van der Waals surface area (Å²) in [5.41, 5.74) is 4.71. The number of rotatable bonds is 6. The fourth-order valence-corrected chi connectivity index (χ4v) is 4.08. The van der Waals surface area contributed by atoms with Crippen molar-refractivity contribution in [3.05, 3.63) is 48.5 Å². The lowest BCUT2D eigenvalue weighted by Crippen LogP contribution is -2.44. The van der Waals surface area contributed by atoms with Gasteiger partial charge in [0.05, 0.1) is 11.0 Å². The summed E-state index contributed by atoms with van der Waals surface area (Å²) >= 11 is 0. The Morgan fingerprint density at radius 1 is 1.07 bits per heavy atom. The molecule has 3 aromatic rings. The highest BCUT2D eigenvalue weighted by Crippen LogP contribution is 2.28. The molecule has 2 aromatic carbocycles. The van der Waals surface area contributed by atoms with Crippen LogP contribution in [0.2, 0.25) is 0 Å². The van der Waals surface area contributed by atoms with E-state index in [4.69, 9.17) is 4.98 Å². The Morgan fingerprint density at radius 2 is 1.86 bits per heavy atom. The number of benzene rings is 2. The van der Waals surface area contributed by atoms with Crippen molar-refractivity contribution in [3.8, 4) is 11.4 Å². The van der Waals surface area contributed by atoms with Crippen molar-refractivity contribution in [1.29, 1.82) is 0 Å². The second-order valence-electron chi connectivity index (χ2n) is 8.05. The van der Waals surface area contributed by atoms with Crippen LogP contribution in [0.25, 0.3) is 22.4 Å². The molecular weight excluding hydrogens is 346 g/mol. The normalized spacial score (nSPS) is 15.6. The van der Waals surface area contributed by atoms with Crippen LogP contribution in [0.1, 0.15) is 12.8 Å². The van der Waals surface area contributed by atoms with Gasteiger partial charge in [0.25, 0.3) is 0 Å². The fraction of sp³-hybridized carbons (Fsp3) is 0.435. The Bertz CT molecular complexity index is 922. The maximum absolute atomic E-state index is 4.86. The zero-order valence-electron chi connectivity index (χ0n) is 17.2. The number of imidazole rings is 1. The molecule has 148 valence electrons. The topological polar surface area (TPSA) is 36.3 Å². The maximum Gasteiger partial charge on any atom is 0.140 e. The second-order valence-corrected chi connectivity index (χ2v) is 8.05. The number of aromatic nitrogens is 2. The Morgan fingerprint density at radius 3 is 2.61 bits per heavy atom. The van der Waals surface area contributed by atoms with Crippen LogP contribution in [0.3, 0.4) is 0 Å². The summed E-state index contributed by atoms with van der Waals surface area (Å²) in [5.74, 6) is 1.03. The van der Waals surface area contributed by atoms with Gasteiger partial charge in [0.2, 0.25) is 0 Å². The maximum atomic E-state index is 4.86. The molecule has 0 aliphatic carbocycles. The van der Waals surface area contributed by atoms with Gasteiger partial charge >= 0.3 is 0 Å². The quantitative estimate of drug-likeness (QED) is 0.715. The summed E-state index contributed by atoms with van der Waals surface area (Å²) in [6.45, 7) is 4.37. The molecule has 1 N–H and O–H groups in total. The second kappa shape index (κ2) is 8.33. The summed E-state index contributed by atoms with van der Waals surface area (Å²) in [6, 6.07) is 17.8. The number of hydrogen-bond acceptors (Lipinski definition) is 4. The van der Waals surface area contributed by atoms with Gasteiger partial charge in [-0.1, -0.05) is 24.3 Å². The van der Waals surface area contributed by atoms with Gasteiger partial charge in [-0.15, -0.1) is 0 Å². The molecule has 5 nitrogen and oxygen atoms in total. The van der Waals surface area contributed by atoms with Crippen molar-refractivity contribution in [1.82, 2.24) is 19.8 Å². The van der Waals surface area contributed by atoms with Crippen molar-refractivity contribution < 1.29 is 0 Å². The molecule has 5 heteroatoms. The molecule has 0 amide bonds. The molecule has 0 unspecified atom stereocenters. The van der Waals surface area contributed by atoms with Gasteiger partial charge in [-0.25, -0.2) is 4.98 Å². The summed E-state index contributed by atoms with van der Waals surface area (Å²) in [7, 11) is 6.35. The first kappa shape index (κ1) is 19.0. The average molecular weight is 378 g/mol. The van der Waals surface area contributed by atoms with Crippen LogP contribution >= 0.6 is 0 Å². The lowest BCUT2D eigenvalue weighted by molar-refractivity contribution is 0.359. The van der Waals surface area contributed by atoms with Crippen LogP contribution in [0.5, 0.6) is 0 Å². The number of fused-ring (bicyclic) bond motifs is 1. The van der Waals surface area contributed by atoms with Crippen LogP contribution in [-0.2, 0) is 7.05 Å². The van der Waals surface area contributed by atoms with Crippen molar-refractivity contribution >= 4 is 16.7 Å². The van der Waals surface area contributed by atoms with Crippen molar-refractivity contribution in [3.63, 3.8) is 0 Å². The van der Waals surface area contributed by atoms with Gasteiger partial charge in [0.1, 0.15) is 5.82 Å². The molecule has 4 rings (SSSR count). The molecule has 1 saturated heterocycles. The first-order valence-corrected chi connectivity index (χ1v) is 10.3. The van der Waals surface area contributed by atoms with E-state index in [-0.39, 0.29) is 0 Å². The van der Waals surface area contributed by atoms with E-state index < -0.39 is 0 Å². The Balaban J connectivity index is 1.45. The van der Waals surface area contributed by atoms with Gasteiger partial charge in [-0.2, -0.15) is 0 Å². The molecule has 0 radical (unpaired) electrons. The summed E-state index contributed by atoms with van der Waals surface area (Å²) in [6.07, 6.45) is 2.40. The Hall–Kier alpha value is -2.37. The third-order valence-corrected chi connectivity index (χ3v) is 5.74. The third-order valence-electron chi connectivity index (χ3n) is 5.74. The van der Waals surface area contributed by atoms with Crippen LogP contribution < -0.4 is 10.2 Å². The van der Waals surface area contributed by atoms with E-state index in [1.165, 1.54) is 29.6 Å². The average Bonchev–Trinajstić information content (AvgIpc) is 3.05. The molecule has 0 bridgehead atoms. The lowest BCUT2D eigenvalue weighted by Gasteiger charge is -2.34. The molecule has 1 aliphatic rings. The standard InChI is InChI=1S/C23H31N5/c1-26(2)16-13-24-19-11-14-28(15-12-19)20-8-6-7-18(17-20)23-25-21-9-4-5-10-22(21)27(23)3/h4-10,17,19,24H,11-16H2,1-3H3. The largest absolute Gasteiger partial charge is 0.371 e. The number of para-hydroxylation sites is 2. The number of nitrogens with zero attached hydrogens (tertiary/aromatic N) is 4. The van der Waals surface area contributed by atoms with Gasteiger partial charge in [-0.3, -0.25) is 0 Å². The van der Waals surface area contributed by atoms with E-state index in [1.807, 2.05) is 6.07 Å². The fourth-order valence-electron chi connectivity index (χ4n) is 4.08. The molecule has 1 aromatic heterocycles. The molecule has 0 atom stereocenters. The first-order chi connectivity index (χ1) is 13.6. The van der Waals surface area contributed by atoms with E-state index in [0.29, 0.717) is 6.04 Å². The first-order valence-electron chi connectivity index (χ1n) is 10.3. The molecule has 0 saturated carbocycles. The summed E-state index contributed by atoms with van der Waals surface area (Å²) < 4.78 is 2.19. The molecule has 1 aliphatic heterocycles. The van der Waals surface area contributed by atoms with E-state index in [9.17, 15) is 0 Å². The number of likely N-dealkylation sites (N-methyl/N-ethyl adjacent to an activating group) is 1. The zero-order valence-corrected chi connectivity index (χ0v) is 17.2. The van der Waals surface area contributed by atoms with Crippen LogP contribution in [0.4, 0.5) is 5.69 Å². The van der Waals surface area contributed by atoms with Crippen molar-refractivity contribution in [2.24, 2.45) is 7.05 Å². The highest BCUT2D eigenvalue weighted by atomic mass is 15.2. The van der Waals surface area contributed by atoms with Crippen molar-refractivity contribution in [2.45, 2.75) is 18.9 Å². The number of aryl methyl sites for hydroxylation is 1. The number of piperidine rings is 1. The van der Waals surface area contributed by atoms with Gasteiger partial charge in [-0.05, 0) is 51.2 Å². The summed E-state index contributed by atoms with van der Waals surface area (Å²) in [4.78, 5) is 9.60. The number of anilines is 1. The molecular formula is C23H31N5. The van der Waals surface area contributed by atoms with E-state index >= 15 is 0 Å². The highest BCUT2D eigenvalue weighted by molar-refractivity contribution is 5.81. The Labute approximate surface area is 168 Å².